The Morgan fingerprint density at radius 2 is 2.17 bits per heavy atom. The fourth-order valence-corrected chi connectivity index (χ4v) is 1.52. The van der Waals surface area contributed by atoms with Crippen molar-refractivity contribution >= 4 is 33.8 Å². The zero-order chi connectivity index (χ0) is 8.55. The highest BCUT2D eigenvalue weighted by molar-refractivity contribution is 14.1. The lowest BCUT2D eigenvalue weighted by Gasteiger charge is -1.97. The second-order valence-electron chi connectivity index (χ2n) is 2.48. The summed E-state index contributed by atoms with van der Waals surface area (Å²) in [6, 6.07) is 1.92. The number of nitrogens with zero attached hydrogens (tertiary/aromatic N) is 3. The maximum Gasteiger partial charge on any atom is 0.179 e. The SMILES string of the molecule is Cc1cnc2c(I)ccnc2n1. The lowest BCUT2D eigenvalue weighted by atomic mass is 10.4. The van der Waals surface area contributed by atoms with Crippen LogP contribution in [0.5, 0.6) is 0 Å². The van der Waals surface area contributed by atoms with Crippen LogP contribution in [-0.2, 0) is 0 Å². The molecular weight excluding hydrogens is 265 g/mol. The second kappa shape index (κ2) is 2.93. The molecule has 0 bridgehead atoms. The molecule has 0 radical (unpaired) electrons. The van der Waals surface area contributed by atoms with Crippen molar-refractivity contribution in [1.29, 1.82) is 0 Å². The number of hydrogen-bond acceptors (Lipinski definition) is 3. The third-order valence-electron chi connectivity index (χ3n) is 1.52. The summed E-state index contributed by atoms with van der Waals surface area (Å²) < 4.78 is 1.09. The van der Waals surface area contributed by atoms with Gasteiger partial charge < -0.3 is 0 Å². The predicted octanol–water partition coefficient (Wildman–Crippen LogP) is 1.94. The summed E-state index contributed by atoms with van der Waals surface area (Å²) >= 11 is 2.23. The van der Waals surface area contributed by atoms with Gasteiger partial charge in [0.05, 0.1) is 5.69 Å². The third-order valence-corrected chi connectivity index (χ3v) is 2.39. The first kappa shape index (κ1) is 7.85. The highest BCUT2D eigenvalue weighted by atomic mass is 127. The smallest absolute Gasteiger partial charge is 0.179 e. The van der Waals surface area contributed by atoms with Gasteiger partial charge in [-0.1, -0.05) is 0 Å². The Hall–Kier alpha value is -0.780. The molecule has 0 unspecified atom stereocenters. The zero-order valence-corrected chi connectivity index (χ0v) is 8.61. The topological polar surface area (TPSA) is 38.7 Å². The molecule has 4 heteroatoms. The minimum Gasteiger partial charge on any atom is -0.250 e. The molecule has 2 aromatic rings. The van der Waals surface area contributed by atoms with Gasteiger partial charge in [-0.25, -0.2) is 15.0 Å². The first-order valence-corrected chi connectivity index (χ1v) is 4.59. The van der Waals surface area contributed by atoms with E-state index in [0.717, 1.165) is 20.4 Å². The fraction of sp³-hybridized carbons (Fsp3) is 0.125. The van der Waals surface area contributed by atoms with Crippen LogP contribution in [0.3, 0.4) is 0 Å². The first-order valence-electron chi connectivity index (χ1n) is 3.51. The Morgan fingerprint density at radius 1 is 1.33 bits per heavy atom. The lowest BCUT2D eigenvalue weighted by Crippen LogP contribution is -1.91. The zero-order valence-electron chi connectivity index (χ0n) is 6.45. The summed E-state index contributed by atoms with van der Waals surface area (Å²) in [6.07, 6.45) is 3.50. The van der Waals surface area contributed by atoms with Gasteiger partial charge in [-0.2, -0.15) is 0 Å². The highest BCUT2D eigenvalue weighted by Crippen LogP contribution is 2.13. The van der Waals surface area contributed by atoms with E-state index in [1.165, 1.54) is 0 Å². The lowest BCUT2D eigenvalue weighted by molar-refractivity contribution is 1.14. The Morgan fingerprint density at radius 3 is 3.00 bits per heavy atom. The van der Waals surface area contributed by atoms with Gasteiger partial charge in [-0.05, 0) is 35.6 Å². The number of pyridine rings is 1. The summed E-state index contributed by atoms with van der Waals surface area (Å²) in [6.45, 7) is 1.91. The molecule has 0 N–H and O–H groups in total. The quantitative estimate of drug-likeness (QED) is 0.687. The van der Waals surface area contributed by atoms with Crippen LogP contribution < -0.4 is 0 Å². The number of fused-ring (bicyclic) bond motifs is 1. The molecule has 0 fully saturated rings. The van der Waals surface area contributed by atoms with Crippen LogP contribution in [0.1, 0.15) is 5.69 Å². The number of rotatable bonds is 0. The van der Waals surface area contributed by atoms with Crippen molar-refractivity contribution in [3.8, 4) is 0 Å². The Bertz CT molecular complexity index is 428. The van der Waals surface area contributed by atoms with Gasteiger partial charge in [0.1, 0.15) is 5.52 Å². The molecule has 2 heterocycles. The van der Waals surface area contributed by atoms with E-state index < -0.39 is 0 Å². The molecule has 0 saturated carbocycles. The maximum absolute atomic E-state index is 4.26. The molecule has 2 rings (SSSR count). The van der Waals surface area contributed by atoms with Crippen LogP contribution in [0, 0.1) is 10.5 Å². The van der Waals surface area contributed by atoms with Crippen LogP contribution in [0.15, 0.2) is 18.5 Å². The largest absolute Gasteiger partial charge is 0.250 e. The van der Waals surface area contributed by atoms with Gasteiger partial charge in [0.25, 0.3) is 0 Å². The van der Waals surface area contributed by atoms with Gasteiger partial charge in [-0.3, -0.25) is 0 Å². The summed E-state index contributed by atoms with van der Waals surface area (Å²) in [4.78, 5) is 12.6. The van der Waals surface area contributed by atoms with Gasteiger partial charge in [-0.15, -0.1) is 0 Å². The molecule has 0 aromatic carbocycles. The fourth-order valence-electron chi connectivity index (χ4n) is 0.975. The molecular formula is C8H6IN3. The third kappa shape index (κ3) is 1.26. The standard InChI is InChI=1S/C8H6IN3/c1-5-4-11-7-6(9)2-3-10-8(7)12-5/h2-4H,1H3. The number of aromatic nitrogens is 3. The van der Waals surface area contributed by atoms with Crippen LogP contribution in [0.4, 0.5) is 0 Å². The summed E-state index contributed by atoms with van der Waals surface area (Å²) in [5.74, 6) is 0. The van der Waals surface area contributed by atoms with Crippen molar-refractivity contribution < 1.29 is 0 Å². The molecule has 0 saturated heterocycles. The Balaban J connectivity index is 2.86. The first-order chi connectivity index (χ1) is 5.77. The van der Waals surface area contributed by atoms with E-state index in [1.54, 1.807) is 12.4 Å². The van der Waals surface area contributed by atoms with Crippen LogP contribution in [-0.4, -0.2) is 15.0 Å². The van der Waals surface area contributed by atoms with Crippen molar-refractivity contribution in [3.05, 3.63) is 27.7 Å². The van der Waals surface area contributed by atoms with Crippen LogP contribution in [0.2, 0.25) is 0 Å². The normalized spacial score (nSPS) is 10.5. The van der Waals surface area contributed by atoms with E-state index in [-0.39, 0.29) is 0 Å². The predicted molar refractivity (Wildman–Crippen MR) is 54.8 cm³/mol. The van der Waals surface area contributed by atoms with E-state index in [2.05, 4.69) is 37.5 Å². The molecule has 0 aliphatic rings. The molecule has 12 heavy (non-hydrogen) atoms. The average molecular weight is 271 g/mol. The van der Waals surface area contributed by atoms with E-state index in [0.29, 0.717) is 0 Å². The van der Waals surface area contributed by atoms with Gasteiger partial charge in [0.2, 0.25) is 0 Å². The highest BCUT2D eigenvalue weighted by Gasteiger charge is 2.00. The van der Waals surface area contributed by atoms with Crippen molar-refractivity contribution in [2.24, 2.45) is 0 Å². The summed E-state index contributed by atoms with van der Waals surface area (Å²) in [5.41, 5.74) is 2.50. The second-order valence-corrected chi connectivity index (χ2v) is 3.64. The van der Waals surface area contributed by atoms with E-state index >= 15 is 0 Å². The minimum absolute atomic E-state index is 0.724. The number of aryl methyl sites for hydroxylation is 1. The molecule has 60 valence electrons. The van der Waals surface area contributed by atoms with Crippen molar-refractivity contribution in [2.75, 3.05) is 0 Å². The van der Waals surface area contributed by atoms with Crippen molar-refractivity contribution in [3.63, 3.8) is 0 Å². The molecule has 0 aliphatic heterocycles. The average Bonchev–Trinajstić information content (AvgIpc) is 2.04. The molecule has 0 aliphatic carbocycles. The van der Waals surface area contributed by atoms with Crippen molar-refractivity contribution in [1.82, 2.24) is 15.0 Å². The molecule has 2 aromatic heterocycles. The van der Waals surface area contributed by atoms with Crippen LogP contribution in [0.25, 0.3) is 11.2 Å². The van der Waals surface area contributed by atoms with E-state index in [4.69, 9.17) is 0 Å². The molecule has 0 atom stereocenters. The summed E-state index contributed by atoms with van der Waals surface area (Å²) in [5, 5.41) is 0. The number of halogens is 1. The van der Waals surface area contributed by atoms with E-state index in [9.17, 15) is 0 Å². The van der Waals surface area contributed by atoms with Gasteiger partial charge in [0, 0.05) is 16.0 Å². The van der Waals surface area contributed by atoms with Gasteiger partial charge >= 0.3 is 0 Å². The van der Waals surface area contributed by atoms with Gasteiger partial charge in [0.15, 0.2) is 5.65 Å². The monoisotopic (exact) mass is 271 g/mol. The summed E-state index contributed by atoms with van der Waals surface area (Å²) in [7, 11) is 0. The molecule has 0 spiro atoms. The van der Waals surface area contributed by atoms with Crippen LogP contribution >= 0.6 is 22.6 Å². The Kier molecular flexibility index (Phi) is 1.92. The minimum atomic E-state index is 0.724. The van der Waals surface area contributed by atoms with Crippen molar-refractivity contribution in [2.45, 2.75) is 6.92 Å². The number of hydrogen-bond donors (Lipinski definition) is 0. The molecule has 0 amide bonds. The molecule has 3 nitrogen and oxygen atoms in total. The maximum atomic E-state index is 4.26. The van der Waals surface area contributed by atoms with E-state index in [1.807, 2.05) is 13.0 Å². The Labute approximate surface area is 83.4 Å².